The molecule has 3 aliphatic rings. The second kappa shape index (κ2) is 24.4. The monoisotopic (exact) mass is 641 g/mol. The molecule has 1 unspecified atom stereocenters. The van der Waals surface area contributed by atoms with Crippen molar-refractivity contribution >= 4 is 5.97 Å². The van der Waals surface area contributed by atoms with Gasteiger partial charge < -0.3 is 4.74 Å². The number of hydrogen-bond donors (Lipinski definition) is 0. The Kier molecular flexibility index (Phi) is 21.0. The van der Waals surface area contributed by atoms with E-state index in [0.717, 1.165) is 18.4 Å². The number of rotatable bonds is 13. The van der Waals surface area contributed by atoms with E-state index in [-0.39, 0.29) is 17.5 Å². The number of hydrogen-bond acceptors (Lipinski definition) is 2. The maximum atomic E-state index is 14.7. The van der Waals surface area contributed by atoms with Gasteiger partial charge in [-0.2, -0.15) is 0 Å². The summed E-state index contributed by atoms with van der Waals surface area (Å²) in [5.41, 5.74) is 0.858. The van der Waals surface area contributed by atoms with Crippen LogP contribution >= 0.6 is 0 Å². The summed E-state index contributed by atoms with van der Waals surface area (Å²) >= 11 is 0. The SMILES string of the molecule is C=C(C(=O)OC(CC)CCCCCCC)C(C1CCCCCCCCC1)(C1CCCCCCCCC1)C1CCCCCCCCC1. The van der Waals surface area contributed by atoms with Crippen molar-refractivity contribution in [1.82, 2.24) is 0 Å². The van der Waals surface area contributed by atoms with Crippen molar-refractivity contribution in [2.75, 3.05) is 0 Å². The highest BCUT2D eigenvalue weighted by Crippen LogP contribution is 2.58. The Bertz CT molecular complexity index is 690. The lowest BCUT2D eigenvalue weighted by molar-refractivity contribution is -0.149. The van der Waals surface area contributed by atoms with Gasteiger partial charge in [-0.15, -0.1) is 0 Å². The van der Waals surface area contributed by atoms with Crippen LogP contribution in [0.4, 0.5) is 0 Å². The van der Waals surface area contributed by atoms with E-state index >= 15 is 0 Å². The first-order valence-corrected chi connectivity index (χ1v) is 21.5. The molecular weight excluding hydrogens is 560 g/mol. The molecular formula is C44H80O2. The molecule has 0 spiro atoms. The Morgan fingerprint density at radius 3 is 1.20 bits per heavy atom. The normalized spacial score (nSPS) is 22.8. The van der Waals surface area contributed by atoms with Gasteiger partial charge in [-0.1, -0.05) is 181 Å². The molecule has 3 saturated carbocycles. The molecule has 0 bridgehead atoms. The van der Waals surface area contributed by atoms with Crippen LogP contribution in [0.15, 0.2) is 12.2 Å². The predicted octanol–water partition coefficient (Wildman–Crippen LogP) is 14.6. The number of carbonyl (C=O) groups excluding carboxylic acids is 1. The van der Waals surface area contributed by atoms with Gasteiger partial charge in [0, 0.05) is 11.0 Å². The zero-order valence-corrected chi connectivity index (χ0v) is 31.4. The molecule has 0 radical (unpaired) electrons. The fourth-order valence-electron chi connectivity index (χ4n) is 10.3. The third kappa shape index (κ3) is 13.3. The first kappa shape index (κ1) is 39.6. The van der Waals surface area contributed by atoms with E-state index < -0.39 is 0 Å². The average molecular weight is 641 g/mol. The van der Waals surface area contributed by atoms with Crippen LogP contribution in [0.3, 0.4) is 0 Å². The number of carbonyl (C=O) groups is 1. The third-order valence-corrected chi connectivity index (χ3v) is 13.0. The molecule has 3 rings (SSSR count). The van der Waals surface area contributed by atoms with Gasteiger partial charge in [-0.25, -0.2) is 4.79 Å². The van der Waals surface area contributed by atoms with Crippen molar-refractivity contribution in [3.8, 4) is 0 Å². The summed E-state index contributed by atoms with van der Waals surface area (Å²) < 4.78 is 6.61. The van der Waals surface area contributed by atoms with Crippen molar-refractivity contribution in [2.45, 2.75) is 238 Å². The van der Waals surface area contributed by atoms with Crippen LogP contribution in [0.2, 0.25) is 0 Å². The van der Waals surface area contributed by atoms with Crippen molar-refractivity contribution in [3.05, 3.63) is 12.2 Å². The van der Waals surface area contributed by atoms with E-state index in [0.29, 0.717) is 17.8 Å². The standard InChI is InChI=1S/C44H80O2/c1-4-6-7-17-30-37-42(5-2)46-43(45)38(3)44(39-31-24-18-11-8-12-19-25-32-39,40-33-26-20-13-9-14-21-27-34-40)41-35-28-22-15-10-16-23-29-36-41/h39-42H,3-37H2,1-2H3. The second-order valence-corrected chi connectivity index (χ2v) is 16.3. The van der Waals surface area contributed by atoms with Crippen molar-refractivity contribution in [3.63, 3.8) is 0 Å². The molecule has 0 amide bonds. The molecule has 3 aliphatic carbocycles. The number of esters is 1. The topological polar surface area (TPSA) is 26.3 Å². The Morgan fingerprint density at radius 2 is 0.870 bits per heavy atom. The summed E-state index contributed by atoms with van der Waals surface area (Å²) in [6, 6.07) is 0. The Labute approximate surface area is 288 Å². The maximum absolute atomic E-state index is 14.7. The van der Waals surface area contributed by atoms with Crippen LogP contribution in [0.1, 0.15) is 232 Å². The molecule has 268 valence electrons. The molecule has 3 fully saturated rings. The highest BCUT2D eigenvalue weighted by atomic mass is 16.5. The minimum Gasteiger partial charge on any atom is -0.459 e. The molecule has 46 heavy (non-hydrogen) atoms. The van der Waals surface area contributed by atoms with Gasteiger partial charge in [0.1, 0.15) is 6.10 Å². The molecule has 2 nitrogen and oxygen atoms in total. The van der Waals surface area contributed by atoms with Crippen LogP contribution in [0, 0.1) is 23.2 Å². The van der Waals surface area contributed by atoms with Crippen LogP contribution in [0.25, 0.3) is 0 Å². The minimum absolute atomic E-state index is 0.00620. The summed E-state index contributed by atoms with van der Waals surface area (Å²) in [5, 5.41) is 0. The maximum Gasteiger partial charge on any atom is 0.334 e. The van der Waals surface area contributed by atoms with Gasteiger partial charge in [-0.3, -0.25) is 0 Å². The quantitative estimate of drug-likeness (QED) is 0.114. The summed E-state index contributed by atoms with van der Waals surface area (Å²) in [4.78, 5) is 14.7. The molecule has 0 saturated heterocycles. The van der Waals surface area contributed by atoms with Crippen molar-refractivity contribution in [1.29, 1.82) is 0 Å². The molecule has 0 aliphatic heterocycles. The van der Waals surface area contributed by atoms with Gasteiger partial charge in [0.25, 0.3) is 0 Å². The highest BCUT2D eigenvalue weighted by molar-refractivity contribution is 5.89. The zero-order chi connectivity index (χ0) is 32.7. The first-order valence-electron chi connectivity index (χ1n) is 21.5. The molecule has 0 aromatic carbocycles. The summed E-state index contributed by atoms with van der Waals surface area (Å²) in [5.74, 6) is 1.76. The molecule has 1 atom stereocenters. The number of unbranched alkanes of at least 4 members (excludes halogenated alkanes) is 4. The first-order chi connectivity index (χ1) is 22.6. The number of ether oxygens (including phenoxy) is 1. The lowest BCUT2D eigenvalue weighted by Gasteiger charge is -2.53. The largest absolute Gasteiger partial charge is 0.459 e. The van der Waals surface area contributed by atoms with Gasteiger partial charge in [0.2, 0.25) is 0 Å². The van der Waals surface area contributed by atoms with Crippen LogP contribution in [-0.2, 0) is 9.53 Å². The molecule has 0 N–H and O–H groups in total. The fourth-order valence-corrected chi connectivity index (χ4v) is 10.3. The molecule has 0 heterocycles. The van der Waals surface area contributed by atoms with Gasteiger partial charge in [0.05, 0.1) is 0 Å². The molecule has 0 aromatic heterocycles. The lowest BCUT2D eigenvalue weighted by Crippen LogP contribution is -2.49. The van der Waals surface area contributed by atoms with Crippen LogP contribution < -0.4 is 0 Å². The summed E-state index contributed by atoms with van der Waals surface area (Å²) in [7, 11) is 0. The van der Waals surface area contributed by atoms with E-state index in [9.17, 15) is 4.79 Å². The highest BCUT2D eigenvalue weighted by Gasteiger charge is 2.53. The Hall–Kier alpha value is -0.790. The van der Waals surface area contributed by atoms with Crippen molar-refractivity contribution < 1.29 is 9.53 Å². The van der Waals surface area contributed by atoms with Gasteiger partial charge in [0.15, 0.2) is 0 Å². The van der Waals surface area contributed by atoms with Crippen LogP contribution in [0.5, 0.6) is 0 Å². The van der Waals surface area contributed by atoms with Crippen molar-refractivity contribution in [2.24, 2.45) is 23.2 Å². The lowest BCUT2D eigenvalue weighted by atomic mass is 9.50. The summed E-state index contributed by atoms with van der Waals surface area (Å²) in [6.07, 6.45) is 45.0. The van der Waals surface area contributed by atoms with E-state index in [1.54, 1.807) is 0 Å². The zero-order valence-electron chi connectivity index (χ0n) is 31.4. The summed E-state index contributed by atoms with van der Waals surface area (Å²) in [6.45, 7) is 9.48. The Balaban J connectivity index is 2.03. The molecule has 2 heteroatoms. The molecule has 0 aromatic rings. The Morgan fingerprint density at radius 1 is 0.543 bits per heavy atom. The predicted molar refractivity (Wildman–Crippen MR) is 200 cm³/mol. The average Bonchev–Trinajstić information content (AvgIpc) is 3.08. The van der Waals surface area contributed by atoms with Gasteiger partial charge in [-0.05, 0) is 75.5 Å². The smallest absolute Gasteiger partial charge is 0.334 e. The fraction of sp³-hybridized carbons (Fsp3) is 0.932. The van der Waals surface area contributed by atoms with Gasteiger partial charge >= 0.3 is 5.97 Å². The van der Waals surface area contributed by atoms with E-state index in [1.807, 2.05) is 0 Å². The second-order valence-electron chi connectivity index (χ2n) is 16.3. The van der Waals surface area contributed by atoms with Crippen LogP contribution in [-0.4, -0.2) is 12.1 Å². The van der Waals surface area contributed by atoms with E-state index in [1.165, 1.54) is 205 Å². The van der Waals surface area contributed by atoms with E-state index in [4.69, 9.17) is 11.3 Å². The third-order valence-electron chi connectivity index (χ3n) is 13.0. The van der Waals surface area contributed by atoms with E-state index in [2.05, 4.69) is 13.8 Å². The minimum atomic E-state index is -0.0892.